The third-order valence-corrected chi connectivity index (χ3v) is 2.47. The van der Waals surface area contributed by atoms with E-state index in [0.29, 0.717) is 4.47 Å². The summed E-state index contributed by atoms with van der Waals surface area (Å²) in [4.78, 5) is 11.3. The highest BCUT2D eigenvalue weighted by Crippen LogP contribution is 2.28. The zero-order valence-electron chi connectivity index (χ0n) is 9.21. The van der Waals surface area contributed by atoms with Crippen LogP contribution in [0.1, 0.15) is 24.2 Å². The Morgan fingerprint density at radius 1 is 1.44 bits per heavy atom. The minimum atomic E-state index is -0.737. The molecule has 1 aromatic carbocycles. The average Bonchev–Trinajstić information content (AvgIpc) is 2.21. The second-order valence-corrected chi connectivity index (χ2v) is 4.25. The first-order valence-electron chi connectivity index (χ1n) is 4.70. The highest BCUT2D eigenvalue weighted by atomic mass is 79.9. The molecule has 0 unspecified atom stereocenters. The monoisotopic (exact) mass is 290 g/mol. The van der Waals surface area contributed by atoms with Gasteiger partial charge < -0.3 is 9.47 Å². The largest absolute Gasteiger partial charge is 0.488 e. The number of esters is 1. The van der Waals surface area contributed by atoms with Crippen molar-refractivity contribution in [1.82, 2.24) is 0 Å². The Kier molecular flexibility index (Phi) is 4.29. The van der Waals surface area contributed by atoms with Gasteiger partial charge in [0.2, 0.25) is 0 Å². The Morgan fingerprint density at radius 2 is 2.06 bits per heavy atom. The topological polar surface area (TPSA) is 35.5 Å². The SMILES string of the molecule is COC(=O)c1c(Br)ccc(OC(C)C)c1F. The van der Waals surface area contributed by atoms with E-state index in [1.54, 1.807) is 19.9 Å². The molecule has 0 atom stereocenters. The van der Waals surface area contributed by atoms with Gasteiger partial charge in [0.1, 0.15) is 5.56 Å². The van der Waals surface area contributed by atoms with E-state index in [4.69, 9.17) is 4.74 Å². The Hall–Kier alpha value is -1.10. The van der Waals surface area contributed by atoms with Gasteiger partial charge in [0.25, 0.3) is 0 Å². The van der Waals surface area contributed by atoms with Crippen LogP contribution in [0.4, 0.5) is 4.39 Å². The second kappa shape index (κ2) is 5.30. The Bertz CT molecular complexity index is 404. The Balaban J connectivity index is 3.21. The number of benzene rings is 1. The van der Waals surface area contributed by atoms with Crippen molar-refractivity contribution in [2.24, 2.45) is 0 Å². The number of hydrogen-bond donors (Lipinski definition) is 0. The van der Waals surface area contributed by atoms with Gasteiger partial charge in [-0.15, -0.1) is 0 Å². The highest BCUT2D eigenvalue weighted by Gasteiger charge is 2.20. The molecule has 0 spiro atoms. The molecule has 0 amide bonds. The molecule has 0 aliphatic heterocycles. The van der Waals surface area contributed by atoms with Gasteiger partial charge in [0.15, 0.2) is 11.6 Å². The molecule has 16 heavy (non-hydrogen) atoms. The van der Waals surface area contributed by atoms with Crippen LogP contribution in [0.5, 0.6) is 5.75 Å². The third kappa shape index (κ3) is 2.72. The van der Waals surface area contributed by atoms with Crippen molar-refractivity contribution in [2.45, 2.75) is 20.0 Å². The van der Waals surface area contributed by atoms with Gasteiger partial charge in [-0.3, -0.25) is 0 Å². The van der Waals surface area contributed by atoms with Gasteiger partial charge in [-0.1, -0.05) is 0 Å². The molecule has 1 aromatic rings. The summed E-state index contributed by atoms with van der Waals surface area (Å²) in [6, 6.07) is 3.01. The zero-order valence-corrected chi connectivity index (χ0v) is 10.8. The first-order valence-corrected chi connectivity index (χ1v) is 5.49. The maximum Gasteiger partial charge on any atom is 0.342 e. The quantitative estimate of drug-likeness (QED) is 0.802. The lowest BCUT2D eigenvalue weighted by Crippen LogP contribution is -2.11. The fourth-order valence-electron chi connectivity index (χ4n) is 1.17. The minimum absolute atomic E-state index is 0.0404. The number of carbonyl (C=O) groups excluding carboxylic acids is 1. The van der Waals surface area contributed by atoms with Gasteiger partial charge in [0, 0.05) is 4.47 Å². The minimum Gasteiger partial charge on any atom is -0.488 e. The summed E-state index contributed by atoms with van der Waals surface area (Å²) in [5.41, 5.74) is -0.152. The molecule has 0 heterocycles. The summed E-state index contributed by atoms with van der Waals surface area (Å²) in [6.45, 7) is 3.55. The maximum atomic E-state index is 13.9. The molecule has 0 aliphatic carbocycles. The standard InChI is InChI=1S/C11H12BrFO3/c1-6(2)16-8-5-4-7(12)9(10(8)13)11(14)15-3/h4-6H,1-3H3. The molecule has 0 saturated heterocycles. The van der Waals surface area contributed by atoms with Gasteiger partial charge in [-0.25, -0.2) is 9.18 Å². The average molecular weight is 291 g/mol. The van der Waals surface area contributed by atoms with Crippen LogP contribution >= 0.6 is 15.9 Å². The number of ether oxygens (including phenoxy) is 2. The molecule has 1 rings (SSSR count). The van der Waals surface area contributed by atoms with Crippen molar-refractivity contribution in [2.75, 3.05) is 7.11 Å². The molecule has 0 radical (unpaired) electrons. The van der Waals surface area contributed by atoms with Gasteiger partial charge in [-0.05, 0) is 41.9 Å². The van der Waals surface area contributed by atoms with Gasteiger partial charge in [-0.2, -0.15) is 0 Å². The van der Waals surface area contributed by atoms with Crippen LogP contribution < -0.4 is 4.74 Å². The molecule has 5 heteroatoms. The molecular weight excluding hydrogens is 279 g/mol. The van der Waals surface area contributed by atoms with E-state index in [9.17, 15) is 9.18 Å². The number of rotatable bonds is 3. The van der Waals surface area contributed by atoms with E-state index < -0.39 is 11.8 Å². The van der Waals surface area contributed by atoms with Crippen LogP contribution in [-0.4, -0.2) is 19.2 Å². The van der Waals surface area contributed by atoms with E-state index in [2.05, 4.69) is 20.7 Å². The van der Waals surface area contributed by atoms with E-state index >= 15 is 0 Å². The van der Waals surface area contributed by atoms with Crippen molar-refractivity contribution in [1.29, 1.82) is 0 Å². The van der Waals surface area contributed by atoms with Crippen molar-refractivity contribution >= 4 is 21.9 Å². The second-order valence-electron chi connectivity index (χ2n) is 3.39. The van der Waals surface area contributed by atoms with Crippen molar-refractivity contribution < 1.29 is 18.7 Å². The fraction of sp³-hybridized carbons (Fsp3) is 0.364. The number of hydrogen-bond acceptors (Lipinski definition) is 3. The lowest BCUT2D eigenvalue weighted by molar-refractivity contribution is 0.0592. The Morgan fingerprint density at radius 3 is 2.56 bits per heavy atom. The van der Waals surface area contributed by atoms with Gasteiger partial charge in [0.05, 0.1) is 13.2 Å². The lowest BCUT2D eigenvalue weighted by atomic mass is 10.2. The zero-order chi connectivity index (χ0) is 12.3. The van der Waals surface area contributed by atoms with Crippen LogP contribution in [-0.2, 0) is 4.74 Å². The first-order chi connectivity index (χ1) is 7.47. The van der Waals surface area contributed by atoms with E-state index in [-0.39, 0.29) is 17.4 Å². The van der Waals surface area contributed by atoms with Crippen molar-refractivity contribution in [3.05, 3.63) is 28.0 Å². The van der Waals surface area contributed by atoms with Crippen molar-refractivity contribution in [3.8, 4) is 5.75 Å². The molecule has 0 N–H and O–H groups in total. The fourth-order valence-corrected chi connectivity index (χ4v) is 1.64. The predicted octanol–water partition coefficient (Wildman–Crippen LogP) is 3.16. The summed E-state index contributed by atoms with van der Waals surface area (Å²) >= 11 is 3.09. The van der Waals surface area contributed by atoms with Crippen LogP contribution in [0, 0.1) is 5.82 Å². The smallest absolute Gasteiger partial charge is 0.342 e. The van der Waals surface area contributed by atoms with Crippen LogP contribution in [0.25, 0.3) is 0 Å². The molecule has 0 fully saturated rings. The first kappa shape index (κ1) is 13.0. The molecule has 0 saturated carbocycles. The maximum absolute atomic E-state index is 13.9. The van der Waals surface area contributed by atoms with Crippen molar-refractivity contribution in [3.63, 3.8) is 0 Å². The highest BCUT2D eigenvalue weighted by molar-refractivity contribution is 9.10. The summed E-state index contributed by atoms with van der Waals surface area (Å²) in [7, 11) is 1.20. The third-order valence-electron chi connectivity index (χ3n) is 1.81. The summed E-state index contributed by atoms with van der Waals surface area (Å²) < 4.78 is 23.9. The number of methoxy groups -OCH3 is 1. The van der Waals surface area contributed by atoms with E-state index in [1.165, 1.54) is 13.2 Å². The van der Waals surface area contributed by atoms with Crippen LogP contribution in [0.3, 0.4) is 0 Å². The summed E-state index contributed by atoms with van der Waals surface area (Å²) in [5.74, 6) is -1.41. The molecule has 0 aliphatic rings. The molecular formula is C11H12BrFO3. The normalized spacial score (nSPS) is 10.4. The predicted molar refractivity (Wildman–Crippen MR) is 61.2 cm³/mol. The number of halogens is 2. The molecule has 0 bridgehead atoms. The Labute approximate surface area is 102 Å². The van der Waals surface area contributed by atoms with Crippen LogP contribution in [0.15, 0.2) is 16.6 Å². The molecule has 0 aromatic heterocycles. The molecule has 3 nitrogen and oxygen atoms in total. The number of carbonyl (C=O) groups is 1. The summed E-state index contributed by atoms with van der Waals surface area (Å²) in [5, 5.41) is 0. The summed E-state index contributed by atoms with van der Waals surface area (Å²) in [6.07, 6.45) is -0.166. The van der Waals surface area contributed by atoms with Crippen LogP contribution in [0.2, 0.25) is 0 Å². The van der Waals surface area contributed by atoms with E-state index in [1.807, 2.05) is 0 Å². The van der Waals surface area contributed by atoms with E-state index in [0.717, 1.165) is 0 Å². The van der Waals surface area contributed by atoms with Gasteiger partial charge >= 0.3 is 5.97 Å². The molecule has 88 valence electrons. The lowest BCUT2D eigenvalue weighted by Gasteiger charge is -2.13.